The van der Waals surface area contributed by atoms with Crippen molar-refractivity contribution in [2.75, 3.05) is 6.61 Å². The highest BCUT2D eigenvalue weighted by molar-refractivity contribution is 9.10. The van der Waals surface area contributed by atoms with E-state index in [0.717, 1.165) is 0 Å². The standard InChI is InChI=1S/C19H18BrN3O3/c1-13(2)23(22-19(25)15-6-4-3-5-7-15)18(24)12-26-17-9-8-14(11-21)10-16(17)20/h3-10,13H,12H2,1-2H3,(H,22,25). The number of carbonyl (C=O) groups excluding carboxylic acids is 2. The van der Waals surface area contributed by atoms with E-state index in [9.17, 15) is 9.59 Å². The number of nitrogens with one attached hydrogen (secondary N) is 1. The summed E-state index contributed by atoms with van der Waals surface area (Å²) in [5.41, 5.74) is 3.55. The maximum atomic E-state index is 12.5. The number of hydrogen-bond donors (Lipinski definition) is 1. The van der Waals surface area contributed by atoms with Crippen LogP contribution in [0.5, 0.6) is 5.75 Å². The molecule has 0 saturated heterocycles. The maximum Gasteiger partial charge on any atom is 0.279 e. The minimum atomic E-state index is -0.388. The topological polar surface area (TPSA) is 82.4 Å². The first-order valence-corrected chi connectivity index (χ1v) is 8.72. The van der Waals surface area contributed by atoms with Gasteiger partial charge in [-0.15, -0.1) is 0 Å². The molecule has 1 N–H and O–H groups in total. The van der Waals surface area contributed by atoms with Crippen LogP contribution in [0.4, 0.5) is 0 Å². The second-order valence-corrected chi connectivity index (χ2v) is 6.56. The van der Waals surface area contributed by atoms with E-state index in [4.69, 9.17) is 10.00 Å². The third-order valence-electron chi connectivity index (χ3n) is 3.46. The quantitative estimate of drug-likeness (QED) is 0.759. The van der Waals surface area contributed by atoms with Crippen molar-refractivity contribution in [3.05, 3.63) is 64.1 Å². The predicted molar refractivity (Wildman–Crippen MR) is 100 cm³/mol. The zero-order valence-corrected chi connectivity index (χ0v) is 16.0. The molecule has 0 fully saturated rings. The number of benzene rings is 2. The summed E-state index contributed by atoms with van der Waals surface area (Å²) in [6.07, 6.45) is 0. The van der Waals surface area contributed by atoms with E-state index in [1.807, 2.05) is 12.1 Å². The Morgan fingerprint density at radius 2 is 1.92 bits per heavy atom. The van der Waals surface area contributed by atoms with Gasteiger partial charge >= 0.3 is 0 Å². The van der Waals surface area contributed by atoms with Crippen molar-refractivity contribution in [2.45, 2.75) is 19.9 Å². The van der Waals surface area contributed by atoms with Gasteiger partial charge in [-0.1, -0.05) is 18.2 Å². The Kier molecular flexibility index (Phi) is 6.75. The number of amides is 2. The molecule has 7 heteroatoms. The first kappa shape index (κ1) is 19.5. The molecule has 26 heavy (non-hydrogen) atoms. The molecule has 0 radical (unpaired) electrons. The van der Waals surface area contributed by atoms with Crippen LogP contribution in [0.15, 0.2) is 53.0 Å². The Balaban J connectivity index is 2.02. The van der Waals surface area contributed by atoms with Gasteiger partial charge in [-0.2, -0.15) is 5.26 Å². The lowest BCUT2D eigenvalue weighted by molar-refractivity contribution is -0.137. The second-order valence-electron chi connectivity index (χ2n) is 5.71. The molecule has 0 heterocycles. The molecule has 0 bridgehead atoms. The molecule has 0 unspecified atom stereocenters. The lowest BCUT2D eigenvalue weighted by atomic mass is 10.2. The van der Waals surface area contributed by atoms with Gasteiger partial charge in [0.2, 0.25) is 0 Å². The van der Waals surface area contributed by atoms with Crippen molar-refractivity contribution in [2.24, 2.45) is 0 Å². The number of hydrogen-bond acceptors (Lipinski definition) is 4. The van der Waals surface area contributed by atoms with Gasteiger partial charge in [-0.05, 0) is 60.1 Å². The van der Waals surface area contributed by atoms with Crippen molar-refractivity contribution in [1.29, 1.82) is 5.26 Å². The number of nitriles is 1. The highest BCUT2D eigenvalue weighted by Gasteiger charge is 2.21. The molecule has 0 saturated carbocycles. The SMILES string of the molecule is CC(C)N(NC(=O)c1ccccc1)C(=O)COc1ccc(C#N)cc1Br. The molecular weight excluding hydrogens is 398 g/mol. The Morgan fingerprint density at radius 1 is 1.23 bits per heavy atom. The molecule has 0 aliphatic rings. The van der Waals surface area contributed by atoms with Gasteiger partial charge < -0.3 is 4.74 Å². The first-order valence-electron chi connectivity index (χ1n) is 7.93. The van der Waals surface area contributed by atoms with Gasteiger partial charge in [0.15, 0.2) is 6.61 Å². The normalized spacial score (nSPS) is 10.1. The monoisotopic (exact) mass is 415 g/mol. The molecule has 0 spiro atoms. The summed E-state index contributed by atoms with van der Waals surface area (Å²) in [6.45, 7) is 3.33. The summed E-state index contributed by atoms with van der Waals surface area (Å²) in [4.78, 5) is 24.8. The Labute approximate surface area is 160 Å². The van der Waals surface area contributed by atoms with Crippen molar-refractivity contribution >= 4 is 27.7 Å². The van der Waals surface area contributed by atoms with Gasteiger partial charge in [0.25, 0.3) is 11.8 Å². The molecule has 0 aliphatic heterocycles. The number of carbonyl (C=O) groups is 2. The fourth-order valence-electron chi connectivity index (χ4n) is 2.14. The van der Waals surface area contributed by atoms with E-state index >= 15 is 0 Å². The summed E-state index contributed by atoms with van der Waals surface area (Å²) in [5.74, 6) is -0.316. The number of hydrazine groups is 1. The van der Waals surface area contributed by atoms with E-state index < -0.39 is 0 Å². The van der Waals surface area contributed by atoms with Gasteiger partial charge in [0, 0.05) is 11.6 Å². The highest BCUT2D eigenvalue weighted by Crippen LogP contribution is 2.25. The molecule has 2 amide bonds. The third-order valence-corrected chi connectivity index (χ3v) is 4.07. The first-order chi connectivity index (χ1) is 12.4. The Morgan fingerprint density at radius 3 is 2.50 bits per heavy atom. The fraction of sp³-hybridized carbons (Fsp3) is 0.211. The highest BCUT2D eigenvalue weighted by atomic mass is 79.9. The van der Waals surface area contributed by atoms with E-state index in [-0.39, 0.29) is 24.5 Å². The zero-order valence-electron chi connectivity index (χ0n) is 14.4. The van der Waals surface area contributed by atoms with Crippen molar-refractivity contribution in [3.8, 4) is 11.8 Å². The largest absolute Gasteiger partial charge is 0.483 e. The van der Waals surface area contributed by atoms with Gasteiger partial charge in [-0.3, -0.25) is 15.0 Å². The Hall–Kier alpha value is -2.85. The molecule has 2 aromatic carbocycles. The van der Waals surface area contributed by atoms with Crippen LogP contribution in [0.3, 0.4) is 0 Å². The fourth-order valence-corrected chi connectivity index (χ4v) is 2.63. The molecule has 0 atom stereocenters. The van der Waals surface area contributed by atoms with E-state index in [0.29, 0.717) is 21.3 Å². The predicted octanol–water partition coefficient (Wildman–Crippen LogP) is 3.28. The number of halogens is 1. The van der Waals surface area contributed by atoms with Crippen LogP contribution in [0.1, 0.15) is 29.8 Å². The van der Waals surface area contributed by atoms with E-state index in [1.54, 1.807) is 56.3 Å². The number of ether oxygens (including phenoxy) is 1. The smallest absolute Gasteiger partial charge is 0.279 e. The van der Waals surface area contributed by atoms with Crippen LogP contribution >= 0.6 is 15.9 Å². The van der Waals surface area contributed by atoms with Crippen molar-refractivity contribution in [3.63, 3.8) is 0 Å². The summed E-state index contributed by atoms with van der Waals surface area (Å²) >= 11 is 3.30. The average Bonchev–Trinajstić information content (AvgIpc) is 2.65. The molecule has 6 nitrogen and oxygen atoms in total. The summed E-state index contributed by atoms with van der Waals surface area (Å²) < 4.78 is 6.10. The second kappa shape index (κ2) is 9.02. The number of rotatable bonds is 5. The molecule has 0 aliphatic carbocycles. The van der Waals surface area contributed by atoms with Crippen LogP contribution < -0.4 is 10.2 Å². The molecule has 2 aromatic rings. The number of nitrogens with zero attached hydrogens (tertiary/aromatic N) is 2. The minimum absolute atomic E-state index is 0.247. The zero-order chi connectivity index (χ0) is 19.1. The van der Waals surface area contributed by atoms with Gasteiger partial charge in [0.1, 0.15) is 5.75 Å². The van der Waals surface area contributed by atoms with Crippen LogP contribution in [0.25, 0.3) is 0 Å². The van der Waals surface area contributed by atoms with Crippen LogP contribution in [0, 0.1) is 11.3 Å². The summed E-state index contributed by atoms with van der Waals surface area (Å²) in [5, 5.41) is 10.1. The van der Waals surface area contributed by atoms with Crippen LogP contribution in [-0.4, -0.2) is 29.5 Å². The van der Waals surface area contributed by atoms with Crippen LogP contribution in [-0.2, 0) is 4.79 Å². The van der Waals surface area contributed by atoms with Crippen molar-refractivity contribution < 1.29 is 14.3 Å². The molecule has 2 rings (SSSR count). The molecule has 0 aromatic heterocycles. The van der Waals surface area contributed by atoms with Crippen LogP contribution in [0.2, 0.25) is 0 Å². The third kappa shape index (κ3) is 5.07. The van der Waals surface area contributed by atoms with E-state index in [1.165, 1.54) is 5.01 Å². The van der Waals surface area contributed by atoms with Gasteiger partial charge in [-0.25, -0.2) is 5.01 Å². The van der Waals surface area contributed by atoms with Gasteiger partial charge in [0.05, 0.1) is 16.1 Å². The molecular formula is C19H18BrN3O3. The lowest BCUT2D eigenvalue weighted by Gasteiger charge is -2.27. The summed E-state index contributed by atoms with van der Waals surface area (Å²) in [7, 11) is 0. The van der Waals surface area contributed by atoms with E-state index in [2.05, 4.69) is 21.4 Å². The average molecular weight is 416 g/mol. The summed E-state index contributed by atoms with van der Waals surface area (Å²) in [6, 6.07) is 15.2. The minimum Gasteiger partial charge on any atom is -0.483 e. The molecule has 134 valence electrons. The Bertz CT molecular complexity index is 832. The lowest BCUT2D eigenvalue weighted by Crippen LogP contribution is -2.51. The maximum absolute atomic E-state index is 12.5. The van der Waals surface area contributed by atoms with Crippen molar-refractivity contribution in [1.82, 2.24) is 10.4 Å².